The number of hydrogen-bond donors (Lipinski definition) is 0. The highest BCUT2D eigenvalue weighted by atomic mass is 16.5. The first-order valence-corrected chi connectivity index (χ1v) is 4.12. The van der Waals surface area contributed by atoms with E-state index in [9.17, 15) is 4.79 Å². The van der Waals surface area contributed by atoms with E-state index >= 15 is 0 Å². The molecule has 1 fully saturated rings. The Morgan fingerprint density at radius 3 is 2.27 bits per heavy atom. The average Bonchev–Trinajstić information content (AvgIpc) is 2.16. The van der Waals surface area contributed by atoms with Gasteiger partial charge in [0.05, 0.1) is 0 Å². The van der Waals surface area contributed by atoms with E-state index in [0.717, 1.165) is 6.42 Å². The van der Waals surface area contributed by atoms with E-state index in [0.29, 0.717) is 5.92 Å². The highest BCUT2D eigenvalue weighted by Gasteiger charge is 2.47. The van der Waals surface area contributed by atoms with Crippen LogP contribution in [-0.4, -0.2) is 18.5 Å². The minimum absolute atomic E-state index is 0.176. The van der Waals surface area contributed by atoms with Crippen molar-refractivity contribution in [3.05, 3.63) is 0 Å². The largest absolute Gasteiger partial charge is 0.370 e. The molecule has 0 aromatic heterocycles. The quantitative estimate of drug-likeness (QED) is 0.577. The van der Waals surface area contributed by atoms with Gasteiger partial charge in [-0.15, -0.1) is 0 Å². The van der Waals surface area contributed by atoms with Crippen LogP contribution in [-0.2, 0) is 9.53 Å². The second-order valence-corrected chi connectivity index (χ2v) is 3.71. The number of ketones is 1. The zero-order chi connectivity index (χ0) is 8.65. The van der Waals surface area contributed by atoms with E-state index in [1.165, 1.54) is 0 Å². The lowest BCUT2D eigenvalue weighted by Crippen LogP contribution is -2.38. The molecule has 1 aliphatic rings. The third kappa shape index (κ3) is 1.09. The second-order valence-electron chi connectivity index (χ2n) is 3.71. The molecule has 64 valence electrons. The molecule has 0 radical (unpaired) electrons. The van der Waals surface area contributed by atoms with Crippen molar-refractivity contribution in [3.8, 4) is 0 Å². The van der Waals surface area contributed by atoms with Gasteiger partial charge < -0.3 is 4.74 Å². The minimum atomic E-state index is -0.514. The van der Waals surface area contributed by atoms with Crippen molar-refractivity contribution < 1.29 is 9.53 Å². The first kappa shape index (κ1) is 8.72. The molecule has 2 heteroatoms. The fourth-order valence-electron chi connectivity index (χ4n) is 1.90. The van der Waals surface area contributed by atoms with E-state index in [1.807, 2.05) is 13.8 Å². The molecule has 0 saturated heterocycles. The third-order valence-electron chi connectivity index (χ3n) is 3.01. The Hall–Kier alpha value is -0.370. The van der Waals surface area contributed by atoms with Gasteiger partial charge in [0, 0.05) is 13.0 Å². The van der Waals surface area contributed by atoms with Crippen molar-refractivity contribution in [1.29, 1.82) is 0 Å². The summed E-state index contributed by atoms with van der Waals surface area (Å²) in [5, 5.41) is 0. The monoisotopic (exact) mass is 156 g/mol. The van der Waals surface area contributed by atoms with Gasteiger partial charge >= 0.3 is 0 Å². The van der Waals surface area contributed by atoms with Crippen molar-refractivity contribution in [1.82, 2.24) is 0 Å². The zero-order valence-electron chi connectivity index (χ0n) is 7.68. The molecule has 0 bridgehead atoms. The minimum Gasteiger partial charge on any atom is -0.370 e. The summed E-state index contributed by atoms with van der Waals surface area (Å²) in [7, 11) is 1.62. The Morgan fingerprint density at radius 2 is 2.09 bits per heavy atom. The number of carbonyl (C=O) groups excluding carboxylic acids is 1. The molecule has 0 aliphatic heterocycles. The normalized spacial score (nSPS) is 44.9. The van der Waals surface area contributed by atoms with Crippen LogP contribution in [0.2, 0.25) is 0 Å². The molecule has 3 atom stereocenters. The maximum atomic E-state index is 11.5. The van der Waals surface area contributed by atoms with Crippen LogP contribution in [0.3, 0.4) is 0 Å². The van der Waals surface area contributed by atoms with Crippen LogP contribution >= 0.6 is 0 Å². The van der Waals surface area contributed by atoms with Crippen LogP contribution in [0.25, 0.3) is 0 Å². The van der Waals surface area contributed by atoms with Gasteiger partial charge in [0.15, 0.2) is 5.78 Å². The lowest BCUT2D eigenvalue weighted by molar-refractivity contribution is -0.140. The highest BCUT2D eigenvalue weighted by Crippen LogP contribution is 2.38. The Balaban J connectivity index is 2.87. The van der Waals surface area contributed by atoms with E-state index < -0.39 is 5.60 Å². The van der Waals surface area contributed by atoms with Gasteiger partial charge in [0.2, 0.25) is 0 Å². The van der Waals surface area contributed by atoms with Gasteiger partial charge in [-0.05, 0) is 19.3 Å². The van der Waals surface area contributed by atoms with E-state index in [1.54, 1.807) is 7.11 Å². The summed E-state index contributed by atoms with van der Waals surface area (Å²) in [5.41, 5.74) is -0.514. The molecule has 0 N–H and O–H groups in total. The SMILES string of the molecule is CO[C@@]1(C)C(=O)[C@H](C)C[C@@H]1C. The number of hydrogen-bond acceptors (Lipinski definition) is 2. The molecule has 0 unspecified atom stereocenters. The first-order valence-electron chi connectivity index (χ1n) is 4.12. The topological polar surface area (TPSA) is 26.3 Å². The van der Waals surface area contributed by atoms with Crippen LogP contribution in [0.15, 0.2) is 0 Å². The molecule has 0 aromatic rings. The van der Waals surface area contributed by atoms with Crippen LogP contribution in [0, 0.1) is 11.8 Å². The summed E-state index contributed by atoms with van der Waals surface area (Å²) in [6.07, 6.45) is 0.961. The van der Waals surface area contributed by atoms with Crippen molar-refractivity contribution in [2.45, 2.75) is 32.8 Å². The molecule has 1 aliphatic carbocycles. The van der Waals surface area contributed by atoms with Crippen LogP contribution in [0.4, 0.5) is 0 Å². The maximum absolute atomic E-state index is 11.5. The summed E-state index contributed by atoms with van der Waals surface area (Å²) < 4.78 is 5.24. The molecule has 0 amide bonds. The Labute approximate surface area is 67.9 Å². The summed E-state index contributed by atoms with van der Waals surface area (Å²) in [6.45, 7) is 5.94. The molecule has 2 nitrogen and oxygen atoms in total. The molecule has 1 saturated carbocycles. The summed E-state index contributed by atoms with van der Waals surface area (Å²) in [5.74, 6) is 0.789. The fraction of sp³-hybridized carbons (Fsp3) is 0.889. The molecular weight excluding hydrogens is 140 g/mol. The van der Waals surface area contributed by atoms with Gasteiger partial charge in [0.25, 0.3) is 0 Å². The summed E-state index contributed by atoms with van der Waals surface area (Å²) in [6, 6.07) is 0. The zero-order valence-corrected chi connectivity index (χ0v) is 7.68. The standard InChI is InChI=1S/C9H16O2/c1-6-5-7(2)9(3,11-4)8(6)10/h6-7H,5H2,1-4H3/t6-,7+,9-/m1/s1. The van der Waals surface area contributed by atoms with Gasteiger partial charge in [-0.3, -0.25) is 4.79 Å². The Morgan fingerprint density at radius 1 is 1.55 bits per heavy atom. The average molecular weight is 156 g/mol. The van der Waals surface area contributed by atoms with Gasteiger partial charge in [-0.25, -0.2) is 0 Å². The molecule has 0 heterocycles. The second kappa shape index (κ2) is 2.59. The highest BCUT2D eigenvalue weighted by molar-refractivity contribution is 5.91. The molecule has 0 aromatic carbocycles. The van der Waals surface area contributed by atoms with E-state index in [4.69, 9.17) is 4.74 Å². The summed E-state index contributed by atoms with van der Waals surface area (Å²) >= 11 is 0. The van der Waals surface area contributed by atoms with Crippen molar-refractivity contribution in [2.75, 3.05) is 7.11 Å². The van der Waals surface area contributed by atoms with Crippen LogP contribution < -0.4 is 0 Å². The molecule has 1 rings (SSSR count). The Kier molecular flexibility index (Phi) is 2.06. The molecular formula is C9H16O2. The first-order chi connectivity index (χ1) is 5.02. The van der Waals surface area contributed by atoms with Gasteiger partial charge in [-0.2, -0.15) is 0 Å². The predicted octanol–water partition coefficient (Wildman–Crippen LogP) is 1.64. The van der Waals surface area contributed by atoms with E-state index in [-0.39, 0.29) is 11.7 Å². The number of rotatable bonds is 1. The molecule has 0 spiro atoms. The van der Waals surface area contributed by atoms with Crippen molar-refractivity contribution in [3.63, 3.8) is 0 Å². The number of methoxy groups -OCH3 is 1. The number of Topliss-reactive ketones (excluding diaryl/α,β-unsaturated/α-hetero) is 1. The van der Waals surface area contributed by atoms with Crippen LogP contribution in [0.5, 0.6) is 0 Å². The van der Waals surface area contributed by atoms with Crippen molar-refractivity contribution >= 4 is 5.78 Å². The number of ether oxygens (including phenoxy) is 1. The predicted molar refractivity (Wildman–Crippen MR) is 43.4 cm³/mol. The number of carbonyl (C=O) groups is 1. The van der Waals surface area contributed by atoms with Crippen molar-refractivity contribution in [2.24, 2.45) is 11.8 Å². The fourth-order valence-corrected chi connectivity index (χ4v) is 1.90. The smallest absolute Gasteiger partial charge is 0.167 e. The molecule has 11 heavy (non-hydrogen) atoms. The van der Waals surface area contributed by atoms with Gasteiger partial charge in [0.1, 0.15) is 5.60 Å². The lowest BCUT2D eigenvalue weighted by atomic mass is 9.94. The maximum Gasteiger partial charge on any atom is 0.167 e. The summed E-state index contributed by atoms with van der Waals surface area (Å²) in [4.78, 5) is 11.5. The van der Waals surface area contributed by atoms with E-state index in [2.05, 4.69) is 6.92 Å². The Bertz CT molecular complexity index is 176. The third-order valence-corrected chi connectivity index (χ3v) is 3.01. The van der Waals surface area contributed by atoms with Gasteiger partial charge in [-0.1, -0.05) is 13.8 Å². The lowest BCUT2D eigenvalue weighted by Gasteiger charge is -2.25. The van der Waals surface area contributed by atoms with Crippen LogP contribution in [0.1, 0.15) is 27.2 Å².